The summed E-state index contributed by atoms with van der Waals surface area (Å²) in [4.78, 5) is 11.1. The molecular weight excluding hydrogens is 160 g/mol. The van der Waals surface area contributed by atoms with Crippen LogP contribution in [0.2, 0.25) is 0 Å². The number of carbonyl (C=O) groups is 1. The van der Waals surface area contributed by atoms with E-state index in [1.54, 1.807) is 11.8 Å². The predicted molar refractivity (Wildman–Crippen MR) is 46.4 cm³/mol. The first-order valence-corrected chi connectivity index (χ1v) is 4.76. The molecule has 3 heteroatoms. The van der Waals surface area contributed by atoms with Gasteiger partial charge >= 0.3 is 5.97 Å². The third kappa shape index (κ3) is 2.58. The molecule has 2 nitrogen and oxygen atoms in total. The summed E-state index contributed by atoms with van der Waals surface area (Å²) >= 11 is 1.56. The SMILES string of the molecule is CCOC(=O)C1CCC=CS1. The molecule has 11 heavy (non-hydrogen) atoms. The molecule has 0 spiro atoms. The number of ether oxygens (including phenoxy) is 1. The molecule has 1 unspecified atom stereocenters. The lowest BCUT2D eigenvalue weighted by molar-refractivity contribution is -0.142. The van der Waals surface area contributed by atoms with Gasteiger partial charge < -0.3 is 4.74 Å². The van der Waals surface area contributed by atoms with E-state index in [-0.39, 0.29) is 11.2 Å². The Morgan fingerprint density at radius 1 is 1.82 bits per heavy atom. The second kappa shape index (κ2) is 4.44. The molecule has 1 rings (SSSR count). The third-order valence-electron chi connectivity index (χ3n) is 1.48. The molecule has 0 amide bonds. The highest BCUT2D eigenvalue weighted by Gasteiger charge is 2.19. The van der Waals surface area contributed by atoms with Crippen molar-refractivity contribution in [2.45, 2.75) is 25.0 Å². The Hall–Kier alpha value is -0.440. The quantitative estimate of drug-likeness (QED) is 0.596. The van der Waals surface area contributed by atoms with Gasteiger partial charge in [0.05, 0.1) is 6.61 Å². The molecule has 0 saturated heterocycles. The van der Waals surface area contributed by atoms with Crippen LogP contribution in [-0.4, -0.2) is 17.8 Å². The van der Waals surface area contributed by atoms with Gasteiger partial charge in [-0.1, -0.05) is 6.08 Å². The summed E-state index contributed by atoms with van der Waals surface area (Å²) in [6, 6.07) is 0. The van der Waals surface area contributed by atoms with Crippen LogP contribution >= 0.6 is 11.8 Å². The Labute approximate surface area is 71.0 Å². The van der Waals surface area contributed by atoms with Gasteiger partial charge in [0, 0.05) is 0 Å². The van der Waals surface area contributed by atoms with E-state index in [1.165, 1.54) is 0 Å². The van der Waals surface area contributed by atoms with E-state index in [1.807, 2.05) is 12.3 Å². The van der Waals surface area contributed by atoms with Crippen molar-refractivity contribution in [1.82, 2.24) is 0 Å². The van der Waals surface area contributed by atoms with Crippen LogP contribution in [0.15, 0.2) is 11.5 Å². The molecule has 0 fully saturated rings. The van der Waals surface area contributed by atoms with Gasteiger partial charge in [-0.2, -0.15) is 0 Å². The minimum atomic E-state index is -0.0677. The lowest BCUT2D eigenvalue weighted by atomic mass is 10.2. The number of allylic oxidation sites excluding steroid dienone is 1. The molecule has 1 aliphatic heterocycles. The van der Waals surface area contributed by atoms with Gasteiger partial charge in [-0.25, -0.2) is 0 Å². The first-order valence-electron chi connectivity index (χ1n) is 3.81. The van der Waals surface area contributed by atoms with Gasteiger partial charge in [0.25, 0.3) is 0 Å². The number of thioether (sulfide) groups is 1. The van der Waals surface area contributed by atoms with Crippen molar-refractivity contribution in [1.29, 1.82) is 0 Å². The van der Waals surface area contributed by atoms with E-state index in [4.69, 9.17) is 4.74 Å². The zero-order valence-electron chi connectivity index (χ0n) is 6.58. The third-order valence-corrected chi connectivity index (χ3v) is 2.59. The molecule has 0 bridgehead atoms. The number of carbonyl (C=O) groups excluding carboxylic acids is 1. The van der Waals surface area contributed by atoms with Crippen LogP contribution in [0.25, 0.3) is 0 Å². The van der Waals surface area contributed by atoms with Crippen LogP contribution in [0, 0.1) is 0 Å². The number of hydrogen-bond acceptors (Lipinski definition) is 3. The monoisotopic (exact) mass is 172 g/mol. The smallest absolute Gasteiger partial charge is 0.319 e. The molecule has 0 radical (unpaired) electrons. The van der Waals surface area contributed by atoms with Crippen LogP contribution in [0.4, 0.5) is 0 Å². The van der Waals surface area contributed by atoms with Crippen LogP contribution in [0.1, 0.15) is 19.8 Å². The number of esters is 1. The molecule has 0 aliphatic carbocycles. The summed E-state index contributed by atoms with van der Waals surface area (Å²) < 4.78 is 4.89. The number of rotatable bonds is 2. The first-order chi connectivity index (χ1) is 5.34. The van der Waals surface area contributed by atoms with E-state index in [0.717, 1.165) is 12.8 Å². The highest BCUT2D eigenvalue weighted by atomic mass is 32.2. The molecule has 62 valence electrons. The van der Waals surface area contributed by atoms with Gasteiger partial charge in [0.2, 0.25) is 0 Å². The van der Waals surface area contributed by atoms with Gasteiger partial charge in [0.1, 0.15) is 5.25 Å². The summed E-state index contributed by atoms with van der Waals surface area (Å²) in [6.45, 7) is 2.32. The van der Waals surface area contributed by atoms with Crippen molar-refractivity contribution < 1.29 is 9.53 Å². The van der Waals surface area contributed by atoms with Gasteiger partial charge in [-0.3, -0.25) is 4.79 Å². The summed E-state index contributed by atoms with van der Waals surface area (Å²) in [5, 5.41) is 2.02. The largest absolute Gasteiger partial charge is 0.465 e. The number of hydrogen-bond donors (Lipinski definition) is 0. The van der Waals surface area contributed by atoms with Crippen molar-refractivity contribution in [3.8, 4) is 0 Å². The van der Waals surface area contributed by atoms with Crippen LogP contribution in [0.3, 0.4) is 0 Å². The maximum Gasteiger partial charge on any atom is 0.319 e. The molecule has 1 atom stereocenters. The average molecular weight is 172 g/mol. The zero-order valence-corrected chi connectivity index (χ0v) is 7.39. The Bertz CT molecular complexity index is 165. The zero-order chi connectivity index (χ0) is 8.10. The average Bonchev–Trinajstić information content (AvgIpc) is 2.07. The summed E-state index contributed by atoms with van der Waals surface area (Å²) in [5.74, 6) is -0.0677. The topological polar surface area (TPSA) is 26.3 Å². The standard InChI is InChI=1S/C8H12O2S/c1-2-10-8(9)7-5-3-4-6-11-7/h4,6-7H,2-3,5H2,1H3. The highest BCUT2D eigenvalue weighted by molar-refractivity contribution is 8.03. The minimum absolute atomic E-state index is 0.0416. The fourth-order valence-corrected chi connectivity index (χ4v) is 1.83. The molecule has 1 heterocycles. The van der Waals surface area contributed by atoms with Crippen LogP contribution < -0.4 is 0 Å². The molecule has 0 aromatic rings. The summed E-state index contributed by atoms with van der Waals surface area (Å²) in [7, 11) is 0. The molecule has 1 aliphatic rings. The maximum atomic E-state index is 11.1. The van der Waals surface area contributed by atoms with E-state index in [9.17, 15) is 4.79 Å². The predicted octanol–water partition coefficient (Wildman–Crippen LogP) is 1.96. The Morgan fingerprint density at radius 3 is 3.18 bits per heavy atom. The lowest BCUT2D eigenvalue weighted by Gasteiger charge is -2.14. The second-order valence-electron chi connectivity index (χ2n) is 2.33. The molecule has 0 N–H and O–H groups in total. The summed E-state index contributed by atoms with van der Waals surface area (Å²) in [5.41, 5.74) is 0. The van der Waals surface area contributed by atoms with E-state index in [2.05, 4.69) is 6.08 Å². The van der Waals surface area contributed by atoms with Crippen LogP contribution in [0.5, 0.6) is 0 Å². The Kier molecular flexibility index (Phi) is 3.49. The fraction of sp³-hybridized carbons (Fsp3) is 0.625. The Morgan fingerprint density at radius 2 is 2.64 bits per heavy atom. The summed E-state index contributed by atoms with van der Waals surface area (Å²) in [6.07, 6.45) is 4.00. The van der Waals surface area contributed by atoms with Gasteiger partial charge in [0.15, 0.2) is 0 Å². The van der Waals surface area contributed by atoms with Gasteiger partial charge in [-0.15, -0.1) is 11.8 Å². The molecular formula is C8H12O2S. The maximum absolute atomic E-state index is 11.1. The normalized spacial score (nSPS) is 23.2. The minimum Gasteiger partial charge on any atom is -0.465 e. The van der Waals surface area contributed by atoms with Crippen molar-refractivity contribution in [3.05, 3.63) is 11.5 Å². The van der Waals surface area contributed by atoms with E-state index < -0.39 is 0 Å². The molecule has 0 aromatic heterocycles. The van der Waals surface area contributed by atoms with Crippen molar-refractivity contribution in [2.75, 3.05) is 6.61 Å². The Balaban J connectivity index is 2.34. The lowest BCUT2D eigenvalue weighted by Crippen LogP contribution is -2.20. The van der Waals surface area contributed by atoms with Crippen molar-refractivity contribution in [3.63, 3.8) is 0 Å². The fourth-order valence-electron chi connectivity index (χ4n) is 0.943. The first kappa shape index (κ1) is 8.65. The highest BCUT2D eigenvalue weighted by Crippen LogP contribution is 2.24. The van der Waals surface area contributed by atoms with Gasteiger partial charge in [-0.05, 0) is 25.2 Å². The molecule has 0 aromatic carbocycles. The second-order valence-corrected chi connectivity index (χ2v) is 3.44. The van der Waals surface area contributed by atoms with Crippen LogP contribution in [-0.2, 0) is 9.53 Å². The molecule has 0 saturated carbocycles. The van der Waals surface area contributed by atoms with E-state index >= 15 is 0 Å². The van der Waals surface area contributed by atoms with E-state index in [0.29, 0.717) is 6.61 Å². The van der Waals surface area contributed by atoms with Crippen molar-refractivity contribution in [2.24, 2.45) is 0 Å². The van der Waals surface area contributed by atoms with Crippen molar-refractivity contribution >= 4 is 17.7 Å².